The average molecular weight is 301 g/mol. The monoisotopic (exact) mass is 301 g/mol. The van der Waals surface area contributed by atoms with Gasteiger partial charge in [-0.1, -0.05) is 6.07 Å². The van der Waals surface area contributed by atoms with Crippen molar-refractivity contribution in [2.75, 3.05) is 12.4 Å². The first kappa shape index (κ1) is 13.6. The number of hydrogen-bond donors (Lipinski definition) is 1. The van der Waals surface area contributed by atoms with E-state index in [0.29, 0.717) is 17.1 Å². The zero-order chi connectivity index (χ0) is 15.0. The molecule has 0 spiro atoms. The Kier molecular flexibility index (Phi) is 3.39. The van der Waals surface area contributed by atoms with Crippen molar-refractivity contribution in [2.45, 2.75) is 13.8 Å². The molecule has 1 amide bonds. The first-order valence-electron chi connectivity index (χ1n) is 6.47. The van der Waals surface area contributed by atoms with Crippen LogP contribution >= 0.6 is 11.3 Å². The maximum Gasteiger partial charge on any atom is 0.276 e. The Morgan fingerprint density at radius 3 is 2.90 bits per heavy atom. The number of aryl methyl sites for hydroxylation is 2. The zero-order valence-corrected chi connectivity index (χ0v) is 12.8. The smallest absolute Gasteiger partial charge is 0.276 e. The van der Waals surface area contributed by atoms with Crippen LogP contribution in [0.5, 0.6) is 5.75 Å². The number of hydrogen-bond acceptors (Lipinski definition) is 4. The predicted molar refractivity (Wildman–Crippen MR) is 83.5 cm³/mol. The molecule has 1 N–H and O–H groups in total. The third-order valence-corrected chi connectivity index (χ3v) is 4.18. The lowest BCUT2D eigenvalue weighted by atomic mass is 10.2. The van der Waals surface area contributed by atoms with Crippen molar-refractivity contribution in [1.82, 2.24) is 9.38 Å². The van der Waals surface area contributed by atoms with Gasteiger partial charge in [0.1, 0.15) is 11.4 Å². The SMILES string of the molecule is COc1ccc(C)cc1NC(=O)c1cn2c(C)csc2n1. The van der Waals surface area contributed by atoms with E-state index in [4.69, 9.17) is 4.74 Å². The van der Waals surface area contributed by atoms with E-state index in [9.17, 15) is 4.79 Å². The summed E-state index contributed by atoms with van der Waals surface area (Å²) in [6.45, 7) is 3.95. The molecule has 0 bridgehead atoms. The van der Waals surface area contributed by atoms with Crippen LogP contribution in [-0.4, -0.2) is 22.4 Å². The number of methoxy groups -OCH3 is 1. The number of nitrogens with one attached hydrogen (secondary N) is 1. The van der Waals surface area contributed by atoms with Gasteiger partial charge in [0.25, 0.3) is 5.91 Å². The molecule has 108 valence electrons. The number of amides is 1. The van der Waals surface area contributed by atoms with Gasteiger partial charge < -0.3 is 10.1 Å². The van der Waals surface area contributed by atoms with Crippen LogP contribution in [0.4, 0.5) is 5.69 Å². The molecule has 6 heteroatoms. The van der Waals surface area contributed by atoms with E-state index in [2.05, 4.69) is 10.3 Å². The van der Waals surface area contributed by atoms with Crippen molar-refractivity contribution >= 4 is 27.9 Å². The fourth-order valence-corrected chi connectivity index (χ4v) is 2.96. The van der Waals surface area contributed by atoms with Crippen LogP contribution < -0.4 is 10.1 Å². The Morgan fingerprint density at radius 2 is 2.19 bits per heavy atom. The molecule has 1 aromatic carbocycles. The van der Waals surface area contributed by atoms with E-state index >= 15 is 0 Å². The Balaban J connectivity index is 1.90. The van der Waals surface area contributed by atoms with Crippen LogP contribution in [0, 0.1) is 13.8 Å². The van der Waals surface area contributed by atoms with E-state index in [1.165, 1.54) is 11.3 Å². The molecule has 2 heterocycles. The van der Waals surface area contributed by atoms with Crippen LogP contribution in [0.25, 0.3) is 4.96 Å². The second kappa shape index (κ2) is 5.21. The number of aromatic nitrogens is 2. The highest BCUT2D eigenvalue weighted by molar-refractivity contribution is 7.15. The molecular weight excluding hydrogens is 286 g/mol. The summed E-state index contributed by atoms with van der Waals surface area (Å²) in [5.74, 6) is 0.389. The average Bonchev–Trinajstić information content (AvgIpc) is 3.02. The molecular formula is C15H15N3O2S. The second-order valence-electron chi connectivity index (χ2n) is 4.81. The van der Waals surface area contributed by atoms with Crippen molar-refractivity contribution in [2.24, 2.45) is 0 Å². The fourth-order valence-electron chi connectivity index (χ4n) is 2.11. The summed E-state index contributed by atoms with van der Waals surface area (Å²) in [4.78, 5) is 17.5. The van der Waals surface area contributed by atoms with Crippen molar-refractivity contribution in [3.63, 3.8) is 0 Å². The first-order chi connectivity index (χ1) is 10.1. The summed E-state index contributed by atoms with van der Waals surface area (Å²) in [6, 6.07) is 5.64. The van der Waals surface area contributed by atoms with Gasteiger partial charge in [-0.15, -0.1) is 11.3 Å². The van der Waals surface area contributed by atoms with Gasteiger partial charge in [-0.25, -0.2) is 4.98 Å². The van der Waals surface area contributed by atoms with Crippen LogP contribution in [0.1, 0.15) is 21.7 Å². The van der Waals surface area contributed by atoms with E-state index in [0.717, 1.165) is 16.2 Å². The molecule has 3 aromatic rings. The van der Waals surface area contributed by atoms with Crippen molar-refractivity contribution in [1.29, 1.82) is 0 Å². The topological polar surface area (TPSA) is 55.6 Å². The Bertz CT molecular complexity index is 820. The Morgan fingerprint density at radius 1 is 1.38 bits per heavy atom. The lowest BCUT2D eigenvalue weighted by Gasteiger charge is -2.09. The van der Waals surface area contributed by atoms with Crippen LogP contribution in [-0.2, 0) is 0 Å². The highest BCUT2D eigenvalue weighted by Gasteiger charge is 2.14. The van der Waals surface area contributed by atoms with Crippen LogP contribution in [0.2, 0.25) is 0 Å². The maximum atomic E-state index is 12.3. The third kappa shape index (κ3) is 2.50. The molecule has 0 radical (unpaired) electrons. The van der Waals surface area contributed by atoms with E-state index in [-0.39, 0.29) is 5.91 Å². The summed E-state index contributed by atoms with van der Waals surface area (Å²) in [6.07, 6.45) is 1.75. The number of anilines is 1. The van der Waals surface area contributed by atoms with E-state index < -0.39 is 0 Å². The molecule has 21 heavy (non-hydrogen) atoms. The van der Waals surface area contributed by atoms with Gasteiger partial charge in [0.05, 0.1) is 12.8 Å². The largest absolute Gasteiger partial charge is 0.495 e. The molecule has 5 nitrogen and oxygen atoms in total. The number of carbonyl (C=O) groups excluding carboxylic acids is 1. The summed E-state index contributed by atoms with van der Waals surface area (Å²) in [5, 5.41) is 4.86. The summed E-state index contributed by atoms with van der Waals surface area (Å²) < 4.78 is 7.17. The minimum Gasteiger partial charge on any atom is -0.495 e. The normalized spacial score (nSPS) is 10.8. The van der Waals surface area contributed by atoms with Gasteiger partial charge in [0.2, 0.25) is 0 Å². The number of benzene rings is 1. The number of imidazole rings is 1. The lowest BCUT2D eigenvalue weighted by Crippen LogP contribution is -2.13. The van der Waals surface area contributed by atoms with Crippen molar-refractivity contribution in [3.8, 4) is 5.75 Å². The molecule has 0 fully saturated rings. The standard InChI is InChI=1S/C15H15N3O2S/c1-9-4-5-13(20-3)11(6-9)16-14(19)12-7-18-10(2)8-21-15(18)17-12/h4-8H,1-3H3,(H,16,19). The summed E-state index contributed by atoms with van der Waals surface area (Å²) in [5.41, 5.74) is 3.16. The Hall–Kier alpha value is -2.34. The highest BCUT2D eigenvalue weighted by Crippen LogP contribution is 2.26. The third-order valence-electron chi connectivity index (χ3n) is 3.22. The molecule has 0 aliphatic carbocycles. The summed E-state index contributed by atoms with van der Waals surface area (Å²) in [7, 11) is 1.58. The van der Waals surface area contributed by atoms with Crippen LogP contribution in [0.15, 0.2) is 29.8 Å². The molecule has 0 saturated heterocycles. The maximum absolute atomic E-state index is 12.3. The lowest BCUT2D eigenvalue weighted by molar-refractivity contribution is 0.102. The molecule has 3 rings (SSSR count). The molecule has 0 aliphatic heterocycles. The number of rotatable bonds is 3. The van der Waals surface area contributed by atoms with Gasteiger partial charge in [-0.05, 0) is 31.5 Å². The highest BCUT2D eigenvalue weighted by atomic mass is 32.1. The number of ether oxygens (including phenoxy) is 1. The molecule has 2 aromatic heterocycles. The van der Waals surface area contributed by atoms with Gasteiger partial charge in [0.15, 0.2) is 4.96 Å². The number of thiazole rings is 1. The van der Waals surface area contributed by atoms with Gasteiger partial charge >= 0.3 is 0 Å². The van der Waals surface area contributed by atoms with Crippen LogP contribution in [0.3, 0.4) is 0 Å². The van der Waals surface area contributed by atoms with E-state index in [1.54, 1.807) is 13.3 Å². The van der Waals surface area contributed by atoms with Gasteiger partial charge in [-0.3, -0.25) is 9.20 Å². The van der Waals surface area contributed by atoms with Gasteiger partial charge in [-0.2, -0.15) is 0 Å². The minimum atomic E-state index is -0.241. The quantitative estimate of drug-likeness (QED) is 0.807. The van der Waals surface area contributed by atoms with Crippen molar-refractivity contribution < 1.29 is 9.53 Å². The minimum absolute atomic E-state index is 0.241. The number of nitrogens with zero attached hydrogens (tertiary/aromatic N) is 2. The number of carbonyl (C=O) groups is 1. The summed E-state index contributed by atoms with van der Waals surface area (Å²) >= 11 is 1.52. The molecule has 0 atom stereocenters. The van der Waals surface area contributed by atoms with Crippen molar-refractivity contribution in [3.05, 3.63) is 46.7 Å². The molecule has 0 saturated carbocycles. The number of fused-ring (bicyclic) bond motifs is 1. The van der Waals surface area contributed by atoms with Gasteiger partial charge in [0, 0.05) is 17.3 Å². The van der Waals surface area contributed by atoms with E-state index in [1.807, 2.05) is 41.8 Å². The second-order valence-corrected chi connectivity index (χ2v) is 5.65. The predicted octanol–water partition coefficient (Wildman–Crippen LogP) is 3.27. The Labute approximate surface area is 126 Å². The molecule has 0 unspecified atom stereocenters. The molecule has 0 aliphatic rings. The zero-order valence-electron chi connectivity index (χ0n) is 12.0. The fraction of sp³-hybridized carbons (Fsp3) is 0.200. The first-order valence-corrected chi connectivity index (χ1v) is 7.35.